The van der Waals surface area contributed by atoms with Gasteiger partial charge in [0.25, 0.3) is 0 Å². The SMILES string of the molecule is CC(C)C1CCN(C(=O)C2CCCN(C3CCN(Cc4ccncc4)CC3)C2)CC1. The van der Waals surface area contributed by atoms with E-state index >= 15 is 0 Å². The van der Waals surface area contributed by atoms with Crippen molar-refractivity contribution >= 4 is 5.91 Å². The van der Waals surface area contributed by atoms with E-state index in [1.165, 1.54) is 44.2 Å². The second kappa shape index (κ2) is 10.2. The average molecular weight is 413 g/mol. The summed E-state index contributed by atoms with van der Waals surface area (Å²) in [7, 11) is 0. The largest absolute Gasteiger partial charge is 0.342 e. The molecule has 0 bridgehead atoms. The summed E-state index contributed by atoms with van der Waals surface area (Å²) in [6.45, 7) is 12.1. The lowest BCUT2D eigenvalue weighted by Gasteiger charge is -2.43. The molecule has 0 spiro atoms. The van der Waals surface area contributed by atoms with Crippen molar-refractivity contribution in [2.75, 3.05) is 39.3 Å². The molecule has 0 radical (unpaired) electrons. The number of nitrogens with zero attached hydrogens (tertiary/aromatic N) is 4. The summed E-state index contributed by atoms with van der Waals surface area (Å²) in [4.78, 5) is 24.7. The first-order valence-electron chi connectivity index (χ1n) is 12.2. The minimum absolute atomic E-state index is 0.226. The molecule has 3 fully saturated rings. The Balaban J connectivity index is 1.24. The van der Waals surface area contributed by atoms with Gasteiger partial charge < -0.3 is 4.90 Å². The lowest BCUT2D eigenvalue weighted by Crippen LogP contribution is -2.52. The van der Waals surface area contributed by atoms with Crippen molar-refractivity contribution in [2.24, 2.45) is 17.8 Å². The molecule has 3 aliphatic heterocycles. The van der Waals surface area contributed by atoms with Crippen LogP contribution in [0.3, 0.4) is 0 Å². The van der Waals surface area contributed by atoms with Gasteiger partial charge in [-0.05, 0) is 87.7 Å². The fourth-order valence-corrected chi connectivity index (χ4v) is 5.77. The van der Waals surface area contributed by atoms with E-state index in [1.54, 1.807) is 0 Å². The number of pyridine rings is 1. The lowest BCUT2D eigenvalue weighted by atomic mass is 9.86. The predicted molar refractivity (Wildman–Crippen MR) is 121 cm³/mol. The standard InChI is InChI=1S/C25H40N4O/c1-20(2)22-7-16-28(17-8-22)25(30)23-4-3-13-29(19-23)24-9-14-27(15-10-24)18-21-5-11-26-12-6-21/h5-6,11-12,20,22-24H,3-4,7-10,13-19H2,1-2H3. The Morgan fingerprint density at radius 3 is 2.37 bits per heavy atom. The molecule has 1 aromatic rings. The number of amides is 1. The highest BCUT2D eigenvalue weighted by Gasteiger charge is 2.34. The maximum Gasteiger partial charge on any atom is 0.226 e. The van der Waals surface area contributed by atoms with Crippen LogP contribution in [0.5, 0.6) is 0 Å². The summed E-state index contributed by atoms with van der Waals surface area (Å²) in [6.07, 6.45) is 10.9. The highest BCUT2D eigenvalue weighted by Crippen LogP contribution is 2.29. The van der Waals surface area contributed by atoms with E-state index in [0.717, 1.165) is 57.5 Å². The Hall–Kier alpha value is -1.46. The number of likely N-dealkylation sites (tertiary alicyclic amines) is 3. The van der Waals surface area contributed by atoms with E-state index in [0.29, 0.717) is 11.9 Å². The van der Waals surface area contributed by atoms with E-state index in [2.05, 4.69) is 45.7 Å². The highest BCUT2D eigenvalue weighted by atomic mass is 16.2. The quantitative estimate of drug-likeness (QED) is 0.740. The third kappa shape index (κ3) is 5.42. The van der Waals surface area contributed by atoms with Gasteiger partial charge in [0.2, 0.25) is 5.91 Å². The molecule has 166 valence electrons. The summed E-state index contributed by atoms with van der Waals surface area (Å²) < 4.78 is 0. The first kappa shape index (κ1) is 21.8. The van der Waals surface area contributed by atoms with Crippen LogP contribution in [0.4, 0.5) is 0 Å². The van der Waals surface area contributed by atoms with Crippen molar-refractivity contribution in [1.82, 2.24) is 19.7 Å². The van der Waals surface area contributed by atoms with Gasteiger partial charge in [0.1, 0.15) is 0 Å². The van der Waals surface area contributed by atoms with Gasteiger partial charge in [-0.3, -0.25) is 19.6 Å². The van der Waals surface area contributed by atoms with E-state index in [4.69, 9.17) is 0 Å². The predicted octanol–water partition coefficient (Wildman–Crippen LogP) is 3.65. The molecule has 3 saturated heterocycles. The molecular formula is C25H40N4O. The number of hydrogen-bond donors (Lipinski definition) is 0. The minimum Gasteiger partial charge on any atom is -0.342 e. The normalized spacial score (nSPS) is 25.7. The molecule has 1 aromatic heterocycles. The van der Waals surface area contributed by atoms with Crippen molar-refractivity contribution in [3.63, 3.8) is 0 Å². The van der Waals surface area contributed by atoms with Crippen LogP contribution in [0.2, 0.25) is 0 Å². The van der Waals surface area contributed by atoms with Gasteiger partial charge in [0.05, 0.1) is 5.92 Å². The summed E-state index contributed by atoms with van der Waals surface area (Å²) in [5.74, 6) is 2.22. The summed E-state index contributed by atoms with van der Waals surface area (Å²) in [5, 5.41) is 0. The van der Waals surface area contributed by atoms with Crippen LogP contribution < -0.4 is 0 Å². The minimum atomic E-state index is 0.226. The van der Waals surface area contributed by atoms with Crippen LogP contribution in [0.1, 0.15) is 57.9 Å². The number of hydrogen-bond acceptors (Lipinski definition) is 4. The maximum absolute atomic E-state index is 13.2. The number of aromatic nitrogens is 1. The molecule has 3 aliphatic rings. The molecule has 1 atom stereocenters. The van der Waals surface area contributed by atoms with Gasteiger partial charge in [-0.15, -0.1) is 0 Å². The summed E-state index contributed by atoms with van der Waals surface area (Å²) >= 11 is 0. The smallest absolute Gasteiger partial charge is 0.226 e. The molecule has 0 saturated carbocycles. The van der Waals surface area contributed by atoms with Gasteiger partial charge in [-0.1, -0.05) is 13.8 Å². The topological polar surface area (TPSA) is 39.7 Å². The zero-order valence-corrected chi connectivity index (χ0v) is 19.0. The second-order valence-corrected chi connectivity index (χ2v) is 10.1. The monoisotopic (exact) mass is 412 g/mol. The van der Waals surface area contributed by atoms with E-state index in [9.17, 15) is 4.79 Å². The van der Waals surface area contributed by atoms with Crippen LogP contribution in [0, 0.1) is 17.8 Å². The van der Waals surface area contributed by atoms with Crippen molar-refractivity contribution in [1.29, 1.82) is 0 Å². The maximum atomic E-state index is 13.2. The van der Waals surface area contributed by atoms with Gasteiger partial charge in [-0.2, -0.15) is 0 Å². The molecule has 0 aromatic carbocycles. The van der Waals surface area contributed by atoms with E-state index in [1.807, 2.05) is 12.4 Å². The number of carbonyl (C=O) groups is 1. The Morgan fingerprint density at radius 2 is 1.70 bits per heavy atom. The van der Waals surface area contributed by atoms with E-state index in [-0.39, 0.29) is 5.92 Å². The molecule has 4 heterocycles. The van der Waals surface area contributed by atoms with Crippen LogP contribution in [-0.4, -0.2) is 70.9 Å². The third-order valence-corrected chi connectivity index (χ3v) is 7.83. The van der Waals surface area contributed by atoms with E-state index < -0.39 is 0 Å². The molecule has 1 amide bonds. The van der Waals surface area contributed by atoms with Gasteiger partial charge in [0, 0.05) is 44.6 Å². The highest BCUT2D eigenvalue weighted by molar-refractivity contribution is 5.79. The van der Waals surface area contributed by atoms with Crippen molar-refractivity contribution in [2.45, 2.75) is 65.0 Å². The Bertz CT molecular complexity index is 663. The molecule has 30 heavy (non-hydrogen) atoms. The van der Waals surface area contributed by atoms with Crippen molar-refractivity contribution in [3.8, 4) is 0 Å². The first-order valence-corrected chi connectivity index (χ1v) is 12.2. The molecule has 1 unspecified atom stereocenters. The van der Waals surface area contributed by atoms with Crippen LogP contribution in [0.15, 0.2) is 24.5 Å². The first-order chi connectivity index (χ1) is 14.6. The zero-order chi connectivity index (χ0) is 20.9. The third-order valence-electron chi connectivity index (χ3n) is 7.83. The fraction of sp³-hybridized carbons (Fsp3) is 0.760. The fourth-order valence-electron chi connectivity index (χ4n) is 5.77. The summed E-state index contributed by atoms with van der Waals surface area (Å²) in [6, 6.07) is 4.90. The van der Waals surface area contributed by atoms with Crippen molar-refractivity contribution < 1.29 is 4.79 Å². The molecule has 0 aliphatic carbocycles. The average Bonchev–Trinajstić information content (AvgIpc) is 2.80. The molecule has 5 nitrogen and oxygen atoms in total. The van der Waals surface area contributed by atoms with Gasteiger partial charge in [0.15, 0.2) is 0 Å². The lowest BCUT2D eigenvalue weighted by molar-refractivity contribution is -0.139. The number of carbonyl (C=O) groups excluding carboxylic acids is 1. The summed E-state index contributed by atoms with van der Waals surface area (Å²) in [5.41, 5.74) is 1.35. The number of rotatable bonds is 5. The van der Waals surface area contributed by atoms with Gasteiger partial charge >= 0.3 is 0 Å². The zero-order valence-electron chi connectivity index (χ0n) is 19.0. The number of piperidine rings is 3. The Labute approximate surface area is 182 Å². The van der Waals surface area contributed by atoms with Crippen LogP contribution >= 0.6 is 0 Å². The second-order valence-electron chi connectivity index (χ2n) is 10.1. The Morgan fingerprint density at radius 1 is 1.00 bits per heavy atom. The molecule has 4 rings (SSSR count). The van der Waals surface area contributed by atoms with Crippen LogP contribution in [0.25, 0.3) is 0 Å². The van der Waals surface area contributed by atoms with Crippen LogP contribution in [-0.2, 0) is 11.3 Å². The Kier molecular flexibility index (Phi) is 7.42. The van der Waals surface area contributed by atoms with Gasteiger partial charge in [-0.25, -0.2) is 0 Å². The molecular weight excluding hydrogens is 372 g/mol. The molecule has 0 N–H and O–H groups in total. The van der Waals surface area contributed by atoms with Crippen molar-refractivity contribution in [3.05, 3.63) is 30.1 Å². The molecule has 5 heteroatoms.